The summed E-state index contributed by atoms with van der Waals surface area (Å²) in [4.78, 5) is 31.5. The van der Waals surface area contributed by atoms with Crippen molar-refractivity contribution in [3.63, 3.8) is 0 Å². The summed E-state index contributed by atoms with van der Waals surface area (Å²) in [6, 6.07) is 19.3. The molecular formula is C25H23N3O2S2. The topological polar surface area (TPSA) is 62.3 Å². The van der Waals surface area contributed by atoms with Gasteiger partial charge in [-0.25, -0.2) is 4.98 Å². The predicted molar refractivity (Wildman–Crippen MR) is 131 cm³/mol. The number of benzene rings is 2. The molecule has 0 saturated carbocycles. The second kappa shape index (κ2) is 9.89. The Bertz CT molecular complexity index is 1200. The summed E-state index contributed by atoms with van der Waals surface area (Å²) in [6.45, 7) is 3.94. The number of nitrogens with zero attached hydrogens (tertiary/aromatic N) is 2. The minimum atomic E-state index is -0.220. The van der Waals surface area contributed by atoms with Crippen molar-refractivity contribution in [2.45, 2.75) is 26.4 Å². The minimum Gasteiger partial charge on any atom is -0.326 e. The largest absolute Gasteiger partial charge is 0.326 e. The SMILES string of the molecule is CC(=O)Nc1cccc([C@H](C)N(Cc2ccccc2)C(=O)c2csc(-c3ccsc3)n2)c1. The number of hydrogen-bond donors (Lipinski definition) is 1. The zero-order chi connectivity index (χ0) is 22.5. The average Bonchev–Trinajstić information content (AvgIpc) is 3.49. The van der Waals surface area contributed by atoms with Crippen LogP contribution in [0.3, 0.4) is 0 Å². The standard InChI is InChI=1S/C25H23N3O2S2/c1-17(20-9-6-10-22(13-20)26-18(2)29)28(14-19-7-4-3-5-8-19)25(30)23-16-32-24(27-23)21-11-12-31-15-21/h3-13,15-17H,14H2,1-2H3,(H,26,29)/t17-/m0/s1. The van der Waals surface area contributed by atoms with Gasteiger partial charge in [-0.1, -0.05) is 42.5 Å². The number of thiazole rings is 1. The molecule has 5 nitrogen and oxygen atoms in total. The van der Waals surface area contributed by atoms with Gasteiger partial charge in [0.1, 0.15) is 10.7 Å². The van der Waals surface area contributed by atoms with Crippen LogP contribution < -0.4 is 5.32 Å². The normalized spacial score (nSPS) is 11.7. The Labute approximate surface area is 195 Å². The number of carbonyl (C=O) groups is 2. The number of aromatic nitrogens is 1. The molecule has 0 fully saturated rings. The molecule has 32 heavy (non-hydrogen) atoms. The Hall–Kier alpha value is -3.29. The highest BCUT2D eigenvalue weighted by Gasteiger charge is 2.25. The first-order chi connectivity index (χ1) is 15.5. The van der Waals surface area contributed by atoms with Crippen LogP contribution in [-0.2, 0) is 11.3 Å². The Morgan fingerprint density at radius 3 is 2.59 bits per heavy atom. The molecule has 0 saturated heterocycles. The molecule has 0 unspecified atom stereocenters. The predicted octanol–water partition coefficient (Wildman–Crippen LogP) is 6.23. The fourth-order valence-corrected chi connectivity index (χ4v) is 4.97. The van der Waals surface area contributed by atoms with Crippen molar-refractivity contribution in [2.75, 3.05) is 5.32 Å². The van der Waals surface area contributed by atoms with Crippen molar-refractivity contribution < 1.29 is 9.59 Å². The van der Waals surface area contributed by atoms with E-state index < -0.39 is 0 Å². The fraction of sp³-hybridized carbons (Fsp3) is 0.160. The molecule has 0 radical (unpaired) electrons. The zero-order valence-corrected chi connectivity index (χ0v) is 19.5. The lowest BCUT2D eigenvalue weighted by Crippen LogP contribution is -2.33. The molecule has 2 amide bonds. The van der Waals surface area contributed by atoms with Crippen molar-refractivity contribution in [3.8, 4) is 10.6 Å². The molecule has 7 heteroatoms. The lowest BCUT2D eigenvalue weighted by Gasteiger charge is -2.29. The molecule has 0 aliphatic rings. The van der Waals surface area contributed by atoms with Gasteiger partial charge < -0.3 is 10.2 Å². The molecule has 1 atom stereocenters. The third kappa shape index (κ3) is 5.12. The van der Waals surface area contributed by atoms with E-state index in [1.807, 2.05) is 88.6 Å². The van der Waals surface area contributed by atoms with Crippen LogP contribution in [0.1, 0.15) is 41.5 Å². The van der Waals surface area contributed by atoms with E-state index in [0.29, 0.717) is 17.9 Å². The van der Waals surface area contributed by atoms with E-state index in [2.05, 4.69) is 10.3 Å². The average molecular weight is 462 g/mol. The van der Waals surface area contributed by atoms with E-state index in [-0.39, 0.29) is 17.9 Å². The van der Waals surface area contributed by atoms with Crippen LogP contribution in [0.2, 0.25) is 0 Å². The van der Waals surface area contributed by atoms with Crippen LogP contribution >= 0.6 is 22.7 Å². The van der Waals surface area contributed by atoms with E-state index in [1.54, 1.807) is 11.3 Å². The Morgan fingerprint density at radius 1 is 1.06 bits per heavy atom. The third-order valence-electron chi connectivity index (χ3n) is 5.10. The zero-order valence-electron chi connectivity index (χ0n) is 17.8. The summed E-state index contributed by atoms with van der Waals surface area (Å²) in [7, 11) is 0. The summed E-state index contributed by atoms with van der Waals surface area (Å²) in [5.41, 5.74) is 4.16. The number of nitrogens with one attached hydrogen (secondary N) is 1. The van der Waals surface area contributed by atoms with E-state index in [4.69, 9.17) is 0 Å². The van der Waals surface area contributed by atoms with Crippen LogP contribution in [0.4, 0.5) is 5.69 Å². The highest BCUT2D eigenvalue weighted by atomic mass is 32.1. The Balaban J connectivity index is 1.65. The maximum atomic E-state index is 13.6. The van der Waals surface area contributed by atoms with Crippen LogP contribution in [-0.4, -0.2) is 21.7 Å². The summed E-state index contributed by atoms with van der Waals surface area (Å²) >= 11 is 3.09. The van der Waals surface area contributed by atoms with Crippen LogP contribution in [0.15, 0.2) is 76.8 Å². The maximum Gasteiger partial charge on any atom is 0.274 e. The van der Waals surface area contributed by atoms with Crippen LogP contribution in [0, 0.1) is 0 Å². The van der Waals surface area contributed by atoms with Gasteiger partial charge in [-0.15, -0.1) is 11.3 Å². The Morgan fingerprint density at radius 2 is 1.88 bits per heavy atom. The van der Waals surface area contributed by atoms with Crippen LogP contribution in [0.25, 0.3) is 10.6 Å². The van der Waals surface area contributed by atoms with Gasteiger partial charge in [-0.3, -0.25) is 9.59 Å². The second-order valence-corrected chi connectivity index (χ2v) is 9.09. The van der Waals surface area contributed by atoms with Crippen molar-refractivity contribution in [2.24, 2.45) is 0 Å². The van der Waals surface area contributed by atoms with E-state index >= 15 is 0 Å². The number of anilines is 1. The molecule has 1 N–H and O–H groups in total. The van der Waals surface area contributed by atoms with Gasteiger partial charge in [0, 0.05) is 35.5 Å². The smallest absolute Gasteiger partial charge is 0.274 e. The van der Waals surface area contributed by atoms with E-state index in [0.717, 1.165) is 21.7 Å². The van der Waals surface area contributed by atoms with E-state index in [1.165, 1.54) is 18.3 Å². The fourth-order valence-electron chi connectivity index (χ4n) is 3.46. The highest BCUT2D eigenvalue weighted by Crippen LogP contribution is 2.30. The van der Waals surface area contributed by atoms with Gasteiger partial charge in [0.05, 0.1) is 6.04 Å². The molecule has 2 aromatic heterocycles. The van der Waals surface area contributed by atoms with Gasteiger partial charge >= 0.3 is 0 Å². The van der Waals surface area contributed by atoms with Gasteiger partial charge in [0.2, 0.25) is 5.91 Å². The number of hydrogen-bond acceptors (Lipinski definition) is 5. The van der Waals surface area contributed by atoms with Gasteiger partial charge in [-0.2, -0.15) is 11.3 Å². The van der Waals surface area contributed by atoms with E-state index in [9.17, 15) is 9.59 Å². The van der Waals surface area contributed by atoms with Crippen molar-refractivity contribution in [1.29, 1.82) is 0 Å². The summed E-state index contributed by atoms with van der Waals surface area (Å²) < 4.78 is 0. The monoisotopic (exact) mass is 461 g/mol. The van der Waals surface area contributed by atoms with Gasteiger partial charge in [0.15, 0.2) is 0 Å². The first-order valence-corrected chi connectivity index (χ1v) is 12.0. The van der Waals surface area contributed by atoms with Crippen molar-refractivity contribution >= 4 is 40.2 Å². The third-order valence-corrected chi connectivity index (χ3v) is 6.68. The number of rotatable bonds is 7. The highest BCUT2D eigenvalue weighted by molar-refractivity contribution is 7.14. The minimum absolute atomic E-state index is 0.121. The molecular weight excluding hydrogens is 438 g/mol. The molecule has 4 rings (SSSR count). The maximum absolute atomic E-state index is 13.6. The molecule has 4 aromatic rings. The number of carbonyl (C=O) groups excluding carboxylic acids is 2. The molecule has 2 heterocycles. The van der Waals surface area contributed by atoms with Gasteiger partial charge in [-0.05, 0) is 41.6 Å². The molecule has 2 aromatic carbocycles. The Kier molecular flexibility index (Phi) is 6.78. The molecule has 0 aliphatic heterocycles. The summed E-state index contributed by atoms with van der Waals surface area (Å²) in [5, 5.41) is 9.52. The summed E-state index contributed by atoms with van der Waals surface area (Å²) in [5.74, 6) is -0.250. The number of thiophene rings is 1. The summed E-state index contributed by atoms with van der Waals surface area (Å²) in [6.07, 6.45) is 0. The lowest BCUT2D eigenvalue weighted by molar-refractivity contribution is -0.114. The lowest BCUT2D eigenvalue weighted by atomic mass is 10.0. The molecule has 0 aliphatic carbocycles. The number of amides is 2. The second-order valence-electron chi connectivity index (χ2n) is 7.45. The van der Waals surface area contributed by atoms with Crippen molar-refractivity contribution in [3.05, 3.63) is 93.6 Å². The van der Waals surface area contributed by atoms with Gasteiger partial charge in [0.25, 0.3) is 5.91 Å². The molecule has 0 bridgehead atoms. The first kappa shape index (κ1) is 21.9. The van der Waals surface area contributed by atoms with Crippen molar-refractivity contribution in [1.82, 2.24) is 9.88 Å². The van der Waals surface area contributed by atoms with Crippen LogP contribution in [0.5, 0.6) is 0 Å². The molecule has 0 spiro atoms. The quantitative estimate of drug-likeness (QED) is 0.355. The molecule has 162 valence electrons. The first-order valence-electron chi connectivity index (χ1n) is 10.2.